The zero-order chi connectivity index (χ0) is 12.0. The molecular weight excluding hydrogens is 196 g/mol. The molecule has 5 nitrogen and oxygen atoms in total. The van der Waals surface area contributed by atoms with Crippen molar-refractivity contribution in [3.8, 4) is 0 Å². The van der Waals surface area contributed by atoms with Crippen molar-refractivity contribution in [3.63, 3.8) is 0 Å². The highest BCUT2D eigenvalue weighted by molar-refractivity contribution is 5.67. The molecular formula is C10H18N2O3. The smallest absolute Gasteiger partial charge is 0.305 e. The summed E-state index contributed by atoms with van der Waals surface area (Å²) in [5, 5.41) is 12.2. The predicted octanol–water partition coefficient (Wildman–Crippen LogP) is 1.79. The van der Waals surface area contributed by atoms with E-state index in [4.69, 9.17) is 15.4 Å². The van der Waals surface area contributed by atoms with Crippen LogP contribution >= 0.6 is 0 Å². The molecule has 3 N–H and O–H groups in total. The largest absolute Gasteiger partial charge is 0.481 e. The minimum atomic E-state index is -0.944. The number of aryl methyl sites for hydroxylation is 1. The van der Waals surface area contributed by atoms with Crippen LogP contribution in [-0.2, 0) is 4.79 Å². The molecule has 0 radical (unpaired) electrons. The van der Waals surface area contributed by atoms with E-state index >= 15 is 0 Å². The van der Waals surface area contributed by atoms with Gasteiger partial charge in [-0.05, 0) is 13.8 Å². The van der Waals surface area contributed by atoms with Gasteiger partial charge in [-0.3, -0.25) is 4.79 Å². The maximum atomic E-state index is 10.4. The van der Waals surface area contributed by atoms with Crippen molar-refractivity contribution >= 4 is 5.97 Å². The summed E-state index contributed by atoms with van der Waals surface area (Å²) in [6.07, 6.45) is -0.143. The maximum Gasteiger partial charge on any atom is 0.305 e. The average Bonchev–Trinajstić information content (AvgIpc) is 2.50. The average molecular weight is 214 g/mol. The molecule has 0 saturated carbocycles. The third-order valence-corrected chi connectivity index (χ3v) is 1.92. The third kappa shape index (κ3) is 3.71. The van der Waals surface area contributed by atoms with Gasteiger partial charge in [0.1, 0.15) is 0 Å². The third-order valence-electron chi connectivity index (χ3n) is 1.92. The van der Waals surface area contributed by atoms with Gasteiger partial charge in [0.25, 0.3) is 0 Å². The molecule has 86 valence electrons. The highest BCUT2D eigenvalue weighted by Gasteiger charge is 2.18. The minimum Gasteiger partial charge on any atom is -0.481 e. The number of hydrogen-bond acceptors (Lipinski definition) is 4. The van der Waals surface area contributed by atoms with Crippen LogP contribution in [0.25, 0.3) is 0 Å². The lowest BCUT2D eigenvalue weighted by molar-refractivity contribution is -0.137. The SMILES string of the molecule is CC.Cc1noc(C(N)CC(=O)O)c1C. The van der Waals surface area contributed by atoms with E-state index in [0.717, 1.165) is 11.3 Å². The van der Waals surface area contributed by atoms with E-state index in [-0.39, 0.29) is 6.42 Å². The number of hydrogen-bond donors (Lipinski definition) is 2. The number of nitrogens with two attached hydrogens (primary N) is 1. The lowest BCUT2D eigenvalue weighted by atomic mass is 10.1. The second-order valence-electron chi connectivity index (χ2n) is 2.96. The molecule has 5 heteroatoms. The molecule has 1 rings (SSSR count). The number of carbonyl (C=O) groups is 1. The quantitative estimate of drug-likeness (QED) is 0.800. The molecule has 0 saturated heterocycles. The van der Waals surface area contributed by atoms with Crippen molar-refractivity contribution in [1.29, 1.82) is 0 Å². The topological polar surface area (TPSA) is 89.4 Å². The van der Waals surface area contributed by atoms with Crippen LogP contribution in [0.1, 0.15) is 43.3 Å². The zero-order valence-electron chi connectivity index (χ0n) is 9.57. The van der Waals surface area contributed by atoms with Crippen LogP contribution in [0.3, 0.4) is 0 Å². The van der Waals surface area contributed by atoms with Gasteiger partial charge in [-0.2, -0.15) is 0 Å². The molecule has 0 fully saturated rings. The van der Waals surface area contributed by atoms with E-state index in [9.17, 15) is 4.79 Å². The lowest BCUT2D eigenvalue weighted by Crippen LogP contribution is -2.15. The van der Waals surface area contributed by atoms with Crippen LogP contribution in [0, 0.1) is 13.8 Å². The highest BCUT2D eigenvalue weighted by Crippen LogP contribution is 2.20. The number of carboxylic acid groups (broad SMARTS) is 1. The molecule has 0 amide bonds. The molecule has 1 heterocycles. The normalized spacial score (nSPS) is 11.5. The van der Waals surface area contributed by atoms with Crippen LogP contribution in [0.5, 0.6) is 0 Å². The minimum absolute atomic E-state index is 0.143. The molecule has 0 spiro atoms. The van der Waals surface area contributed by atoms with E-state index in [1.807, 2.05) is 20.8 Å². The molecule has 1 atom stereocenters. The van der Waals surface area contributed by atoms with Gasteiger partial charge in [0.15, 0.2) is 5.76 Å². The van der Waals surface area contributed by atoms with E-state index in [0.29, 0.717) is 5.76 Å². The van der Waals surface area contributed by atoms with E-state index < -0.39 is 12.0 Å². The second kappa shape index (κ2) is 6.19. The summed E-state index contributed by atoms with van der Waals surface area (Å²) in [5.41, 5.74) is 7.17. The fourth-order valence-corrected chi connectivity index (χ4v) is 1.06. The molecule has 1 aromatic heterocycles. The monoisotopic (exact) mass is 214 g/mol. The fraction of sp³-hybridized carbons (Fsp3) is 0.600. The zero-order valence-corrected chi connectivity index (χ0v) is 9.57. The van der Waals surface area contributed by atoms with Gasteiger partial charge < -0.3 is 15.4 Å². The van der Waals surface area contributed by atoms with Crippen molar-refractivity contribution in [2.45, 2.75) is 40.2 Å². The number of rotatable bonds is 3. The Balaban J connectivity index is 0.000000921. The van der Waals surface area contributed by atoms with Crippen LogP contribution in [-0.4, -0.2) is 16.2 Å². The fourth-order valence-electron chi connectivity index (χ4n) is 1.06. The number of aliphatic carboxylic acids is 1. The first-order valence-corrected chi connectivity index (χ1v) is 4.92. The second-order valence-corrected chi connectivity index (χ2v) is 2.96. The van der Waals surface area contributed by atoms with Gasteiger partial charge in [-0.15, -0.1) is 0 Å². The van der Waals surface area contributed by atoms with Crippen LogP contribution in [0.2, 0.25) is 0 Å². The lowest BCUT2D eigenvalue weighted by Gasteiger charge is -2.04. The Morgan fingerprint density at radius 3 is 2.40 bits per heavy atom. The Hall–Kier alpha value is -1.36. The molecule has 0 bridgehead atoms. The Bertz CT molecular complexity index is 320. The number of nitrogens with zero attached hydrogens (tertiary/aromatic N) is 1. The Morgan fingerprint density at radius 2 is 2.07 bits per heavy atom. The Morgan fingerprint density at radius 1 is 1.53 bits per heavy atom. The summed E-state index contributed by atoms with van der Waals surface area (Å²) in [6.45, 7) is 7.60. The first kappa shape index (κ1) is 13.6. The van der Waals surface area contributed by atoms with E-state index in [1.165, 1.54) is 0 Å². The van der Waals surface area contributed by atoms with E-state index in [1.54, 1.807) is 6.92 Å². The summed E-state index contributed by atoms with van der Waals surface area (Å²) >= 11 is 0. The molecule has 15 heavy (non-hydrogen) atoms. The first-order chi connectivity index (χ1) is 7.02. The van der Waals surface area contributed by atoms with Crippen molar-refractivity contribution in [2.24, 2.45) is 5.73 Å². The Kier molecular flexibility index (Phi) is 5.62. The molecule has 1 aromatic rings. The van der Waals surface area contributed by atoms with Crippen LogP contribution in [0.4, 0.5) is 0 Å². The Labute approximate surface area is 89.3 Å². The molecule has 0 aromatic carbocycles. The van der Waals surface area contributed by atoms with Crippen molar-refractivity contribution < 1.29 is 14.4 Å². The first-order valence-electron chi connectivity index (χ1n) is 4.92. The number of aromatic nitrogens is 1. The van der Waals surface area contributed by atoms with Gasteiger partial charge in [-0.1, -0.05) is 19.0 Å². The summed E-state index contributed by atoms with van der Waals surface area (Å²) in [5.74, 6) is -0.485. The summed E-state index contributed by atoms with van der Waals surface area (Å²) in [6, 6.07) is -0.612. The highest BCUT2D eigenvalue weighted by atomic mass is 16.5. The van der Waals surface area contributed by atoms with Crippen LogP contribution < -0.4 is 5.73 Å². The maximum absolute atomic E-state index is 10.4. The molecule has 0 aliphatic heterocycles. The van der Waals surface area contributed by atoms with Crippen molar-refractivity contribution in [2.75, 3.05) is 0 Å². The van der Waals surface area contributed by atoms with Crippen LogP contribution in [0.15, 0.2) is 4.52 Å². The summed E-state index contributed by atoms with van der Waals surface area (Å²) < 4.78 is 4.92. The summed E-state index contributed by atoms with van der Waals surface area (Å²) in [4.78, 5) is 10.4. The molecule has 0 aliphatic rings. The molecule has 0 aliphatic carbocycles. The van der Waals surface area contributed by atoms with Crippen molar-refractivity contribution in [3.05, 3.63) is 17.0 Å². The molecule has 1 unspecified atom stereocenters. The van der Waals surface area contributed by atoms with Gasteiger partial charge >= 0.3 is 5.97 Å². The van der Waals surface area contributed by atoms with Gasteiger partial charge in [-0.25, -0.2) is 0 Å². The standard InChI is InChI=1S/C8H12N2O3.C2H6/c1-4-5(2)10-13-8(4)6(9)3-7(11)12;1-2/h6H,3,9H2,1-2H3,(H,11,12);1-2H3. The van der Waals surface area contributed by atoms with Gasteiger partial charge in [0.2, 0.25) is 0 Å². The van der Waals surface area contributed by atoms with E-state index in [2.05, 4.69) is 5.16 Å². The predicted molar refractivity (Wildman–Crippen MR) is 56.5 cm³/mol. The summed E-state index contributed by atoms with van der Waals surface area (Å²) in [7, 11) is 0. The van der Waals surface area contributed by atoms with Gasteiger partial charge in [0, 0.05) is 5.56 Å². The van der Waals surface area contributed by atoms with Gasteiger partial charge in [0.05, 0.1) is 18.2 Å². The number of carboxylic acids is 1. The van der Waals surface area contributed by atoms with Crippen molar-refractivity contribution in [1.82, 2.24) is 5.16 Å².